The molecule has 1 fully saturated rings. The maximum absolute atomic E-state index is 6.37. The van der Waals surface area contributed by atoms with E-state index in [1.807, 2.05) is 0 Å². The third-order valence-electron chi connectivity index (χ3n) is 4.73. The molecular weight excluding hydrogens is 324 g/mol. The van der Waals surface area contributed by atoms with Gasteiger partial charge < -0.3 is 10.6 Å². The van der Waals surface area contributed by atoms with E-state index in [-0.39, 0.29) is 0 Å². The monoisotopic (exact) mass is 352 g/mol. The van der Waals surface area contributed by atoms with Gasteiger partial charge in [-0.15, -0.1) is 0 Å². The average molecular weight is 353 g/mol. The van der Waals surface area contributed by atoms with Gasteiger partial charge in [-0.2, -0.15) is 0 Å². The summed E-state index contributed by atoms with van der Waals surface area (Å²) < 4.78 is 1.16. The van der Waals surface area contributed by atoms with Crippen LogP contribution in [0.1, 0.15) is 44.6 Å². The summed E-state index contributed by atoms with van der Waals surface area (Å²) in [5, 5.41) is 0. The van der Waals surface area contributed by atoms with Gasteiger partial charge in [0.05, 0.1) is 0 Å². The SMILES string of the molecule is CCCC1CCC(N)C(CN(C)Cc2cccc(Br)c2)C1. The highest BCUT2D eigenvalue weighted by molar-refractivity contribution is 9.10. The van der Waals surface area contributed by atoms with Crippen LogP contribution in [0.5, 0.6) is 0 Å². The van der Waals surface area contributed by atoms with E-state index in [0.717, 1.165) is 23.5 Å². The van der Waals surface area contributed by atoms with E-state index in [1.165, 1.54) is 37.7 Å². The van der Waals surface area contributed by atoms with E-state index in [2.05, 4.69) is 59.1 Å². The van der Waals surface area contributed by atoms with Crippen molar-refractivity contribution in [2.45, 2.75) is 51.6 Å². The van der Waals surface area contributed by atoms with E-state index in [1.54, 1.807) is 0 Å². The lowest BCUT2D eigenvalue weighted by atomic mass is 9.76. The molecule has 3 heteroatoms. The van der Waals surface area contributed by atoms with Gasteiger partial charge in [0.1, 0.15) is 0 Å². The molecule has 2 nitrogen and oxygen atoms in total. The first-order valence-corrected chi connectivity index (χ1v) is 9.06. The van der Waals surface area contributed by atoms with Gasteiger partial charge in [0.25, 0.3) is 0 Å². The Morgan fingerprint density at radius 3 is 2.86 bits per heavy atom. The van der Waals surface area contributed by atoms with Crippen LogP contribution in [0.25, 0.3) is 0 Å². The minimum absolute atomic E-state index is 0.392. The van der Waals surface area contributed by atoms with Gasteiger partial charge >= 0.3 is 0 Å². The lowest BCUT2D eigenvalue weighted by Crippen LogP contribution is -2.42. The Morgan fingerprint density at radius 1 is 1.33 bits per heavy atom. The first-order valence-electron chi connectivity index (χ1n) is 8.27. The molecule has 0 radical (unpaired) electrons. The molecule has 2 N–H and O–H groups in total. The number of rotatable bonds is 6. The molecule has 0 amide bonds. The standard InChI is InChI=1S/C18H29BrN2/c1-3-5-14-8-9-18(20)16(10-14)13-21(2)12-15-6-4-7-17(19)11-15/h4,6-7,11,14,16,18H,3,5,8-10,12-13,20H2,1-2H3. The van der Waals surface area contributed by atoms with Crippen LogP contribution in [-0.4, -0.2) is 24.5 Å². The Balaban J connectivity index is 1.87. The van der Waals surface area contributed by atoms with Crippen LogP contribution in [0.4, 0.5) is 0 Å². The molecule has 2 rings (SSSR count). The van der Waals surface area contributed by atoms with Crippen molar-refractivity contribution in [3.63, 3.8) is 0 Å². The largest absolute Gasteiger partial charge is 0.327 e. The molecule has 0 aromatic heterocycles. The normalized spacial score (nSPS) is 26.2. The molecule has 21 heavy (non-hydrogen) atoms. The first-order chi connectivity index (χ1) is 10.1. The molecule has 1 aliphatic rings. The Bertz CT molecular complexity index is 435. The summed E-state index contributed by atoms with van der Waals surface area (Å²) in [5.74, 6) is 1.56. The predicted molar refractivity (Wildman–Crippen MR) is 94.2 cm³/mol. The van der Waals surface area contributed by atoms with Crippen LogP contribution in [0.2, 0.25) is 0 Å². The van der Waals surface area contributed by atoms with Crippen LogP contribution >= 0.6 is 15.9 Å². The molecule has 0 saturated heterocycles. The van der Waals surface area contributed by atoms with Gasteiger partial charge in [-0.05, 0) is 55.8 Å². The Hall–Kier alpha value is -0.380. The summed E-state index contributed by atoms with van der Waals surface area (Å²) in [5.41, 5.74) is 7.73. The van der Waals surface area contributed by atoms with Gasteiger partial charge in [0.15, 0.2) is 0 Å². The Morgan fingerprint density at radius 2 is 2.14 bits per heavy atom. The second kappa shape index (κ2) is 8.30. The fraction of sp³-hybridized carbons (Fsp3) is 0.667. The summed E-state index contributed by atoms with van der Waals surface area (Å²) in [7, 11) is 2.22. The van der Waals surface area contributed by atoms with Crippen LogP contribution in [-0.2, 0) is 6.54 Å². The zero-order valence-electron chi connectivity index (χ0n) is 13.4. The molecule has 1 aromatic carbocycles. The van der Waals surface area contributed by atoms with Gasteiger partial charge in [-0.25, -0.2) is 0 Å². The minimum atomic E-state index is 0.392. The molecule has 1 aliphatic carbocycles. The maximum atomic E-state index is 6.37. The van der Waals surface area contributed by atoms with Crippen molar-refractivity contribution in [1.82, 2.24) is 4.90 Å². The van der Waals surface area contributed by atoms with Crippen molar-refractivity contribution in [2.24, 2.45) is 17.6 Å². The highest BCUT2D eigenvalue weighted by atomic mass is 79.9. The van der Waals surface area contributed by atoms with E-state index in [4.69, 9.17) is 5.73 Å². The smallest absolute Gasteiger partial charge is 0.0231 e. The number of nitrogens with zero attached hydrogens (tertiary/aromatic N) is 1. The van der Waals surface area contributed by atoms with Crippen molar-refractivity contribution in [2.75, 3.05) is 13.6 Å². The molecule has 118 valence electrons. The summed E-state index contributed by atoms with van der Waals surface area (Å²) in [6.07, 6.45) is 6.54. The van der Waals surface area contributed by atoms with Crippen molar-refractivity contribution in [1.29, 1.82) is 0 Å². The molecule has 0 aliphatic heterocycles. The molecule has 0 bridgehead atoms. The zero-order valence-corrected chi connectivity index (χ0v) is 15.0. The third kappa shape index (κ3) is 5.39. The summed E-state index contributed by atoms with van der Waals surface area (Å²) >= 11 is 3.55. The Kier molecular flexibility index (Phi) is 6.72. The number of benzene rings is 1. The van der Waals surface area contributed by atoms with E-state index >= 15 is 0 Å². The molecule has 3 unspecified atom stereocenters. The van der Waals surface area contributed by atoms with Crippen LogP contribution in [0, 0.1) is 11.8 Å². The first kappa shape index (κ1) is 17.0. The quantitative estimate of drug-likeness (QED) is 0.820. The topological polar surface area (TPSA) is 29.3 Å². The molecule has 0 heterocycles. The van der Waals surface area contributed by atoms with Crippen LogP contribution in [0.3, 0.4) is 0 Å². The third-order valence-corrected chi connectivity index (χ3v) is 5.23. The van der Waals surface area contributed by atoms with E-state index in [9.17, 15) is 0 Å². The van der Waals surface area contributed by atoms with Crippen LogP contribution < -0.4 is 5.73 Å². The second-order valence-corrected chi connectivity index (χ2v) is 7.63. The maximum Gasteiger partial charge on any atom is 0.0231 e. The lowest BCUT2D eigenvalue weighted by molar-refractivity contribution is 0.165. The molecule has 1 saturated carbocycles. The van der Waals surface area contributed by atoms with Gasteiger partial charge in [-0.3, -0.25) is 0 Å². The second-order valence-electron chi connectivity index (χ2n) is 6.72. The zero-order chi connectivity index (χ0) is 15.2. The number of nitrogens with two attached hydrogens (primary N) is 1. The van der Waals surface area contributed by atoms with Gasteiger partial charge in [0, 0.05) is 23.6 Å². The Labute approximate surface area is 138 Å². The molecule has 1 aromatic rings. The van der Waals surface area contributed by atoms with Gasteiger partial charge in [-0.1, -0.05) is 47.8 Å². The molecule has 0 spiro atoms. The number of hydrogen-bond acceptors (Lipinski definition) is 2. The van der Waals surface area contributed by atoms with E-state index in [0.29, 0.717) is 12.0 Å². The molecule has 3 atom stereocenters. The fourth-order valence-corrected chi connectivity index (χ4v) is 4.12. The van der Waals surface area contributed by atoms with Crippen molar-refractivity contribution >= 4 is 15.9 Å². The lowest BCUT2D eigenvalue weighted by Gasteiger charge is -2.36. The predicted octanol–water partition coefficient (Wildman–Crippen LogP) is 4.42. The van der Waals surface area contributed by atoms with Crippen molar-refractivity contribution in [3.05, 3.63) is 34.3 Å². The van der Waals surface area contributed by atoms with Crippen molar-refractivity contribution < 1.29 is 0 Å². The summed E-state index contributed by atoms with van der Waals surface area (Å²) in [6, 6.07) is 8.98. The summed E-state index contributed by atoms with van der Waals surface area (Å²) in [4.78, 5) is 2.43. The average Bonchev–Trinajstić information content (AvgIpc) is 2.43. The number of hydrogen-bond donors (Lipinski definition) is 1. The van der Waals surface area contributed by atoms with E-state index < -0.39 is 0 Å². The minimum Gasteiger partial charge on any atom is -0.327 e. The number of halogens is 1. The highest BCUT2D eigenvalue weighted by Gasteiger charge is 2.28. The van der Waals surface area contributed by atoms with Crippen LogP contribution in [0.15, 0.2) is 28.7 Å². The summed E-state index contributed by atoms with van der Waals surface area (Å²) in [6.45, 7) is 4.41. The van der Waals surface area contributed by atoms with Crippen molar-refractivity contribution in [3.8, 4) is 0 Å². The van der Waals surface area contributed by atoms with Gasteiger partial charge in [0.2, 0.25) is 0 Å². The highest BCUT2D eigenvalue weighted by Crippen LogP contribution is 2.31. The molecular formula is C18H29BrN2. The fourth-order valence-electron chi connectivity index (χ4n) is 3.68.